The fraction of sp³-hybridized carbons (Fsp3) is 0.250. The average molecular weight is 364 g/mol. The summed E-state index contributed by atoms with van der Waals surface area (Å²) in [6.45, 7) is 2.06. The molecule has 1 saturated heterocycles. The van der Waals surface area contributed by atoms with Crippen LogP contribution in [0.5, 0.6) is 0 Å². The van der Waals surface area contributed by atoms with Crippen LogP contribution in [0.3, 0.4) is 0 Å². The van der Waals surface area contributed by atoms with Crippen LogP contribution in [0.2, 0.25) is 0 Å². The van der Waals surface area contributed by atoms with Crippen LogP contribution >= 0.6 is 0 Å². The number of imidazole rings is 1. The number of fused-ring (bicyclic) bond motifs is 1. The number of H-pyrrole nitrogens is 2. The second kappa shape index (κ2) is 7.11. The molecule has 2 amide bonds. The van der Waals surface area contributed by atoms with Gasteiger partial charge in [0, 0.05) is 31.7 Å². The Morgan fingerprint density at radius 1 is 0.852 bits per heavy atom. The van der Waals surface area contributed by atoms with Gasteiger partial charge < -0.3 is 19.8 Å². The number of carbonyl (C=O) groups is 2. The summed E-state index contributed by atoms with van der Waals surface area (Å²) in [6, 6.07) is 14.8. The molecule has 0 unspecified atom stereocenters. The van der Waals surface area contributed by atoms with Gasteiger partial charge >= 0.3 is 5.69 Å². The Hall–Kier alpha value is -3.35. The van der Waals surface area contributed by atoms with Crippen LogP contribution in [0.1, 0.15) is 15.9 Å². The van der Waals surface area contributed by atoms with E-state index in [1.807, 2.05) is 35.2 Å². The number of hydrogen-bond donors (Lipinski definition) is 2. The minimum absolute atomic E-state index is 0.0830. The average Bonchev–Trinajstić information content (AvgIpc) is 3.07. The number of carbonyl (C=O) groups excluding carboxylic acids is 2. The number of piperazine rings is 1. The minimum Gasteiger partial charge on any atom is -0.339 e. The SMILES string of the molecule is O=C(Cc1ccccc1)N1CCN(C(=O)c2ccc3[nH]c(=O)[nH]c3c2)CC1. The number of hydrogen-bond acceptors (Lipinski definition) is 3. The molecule has 7 heteroatoms. The van der Waals surface area contributed by atoms with Gasteiger partial charge in [-0.05, 0) is 23.8 Å². The maximum atomic E-state index is 12.7. The third-order valence-electron chi connectivity index (χ3n) is 4.88. The van der Waals surface area contributed by atoms with E-state index in [0.717, 1.165) is 5.56 Å². The first-order valence-electron chi connectivity index (χ1n) is 8.93. The lowest BCUT2D eigenvalue weighted by Crippen LogP contribution is -2.51. The van der Waals surface area contributed by atoms with E-state index in [9.17, 15) is 14.4 Å². The molecule has 2 N–H and O–H groups in total. The molecule has 4 rings (SSSR count). The summed E-state index contributed by atoms with van der Waals surface area (Å²) in [5, 5.41) is 0. The van der Waals surface area contributed by atoms with Crippen LogP contribution in [0.4, 0.5) is 0 Å². The van der Waals surface area contributed by atoms with Gasteiger partial charge in [-0.25, -0.2) is 4.79 Å². The van der Waals surface area contributed by atoms with Gasteiger partial charge in [0.1, 0.15) is 0 Å². The number of aromatic nitrogens is 2. The summed E-state index contributed by atoms with van der Waals surface area (Å²) in [4.78, 5) is 45.4. The van der Waals surface area contributed by atoms with Crippen LogP contribution in [-0.4, -0.2) is 57.8 Å². The Labute approximate surface area is 155 Å². The van der Waals surface area contributed by atoms with Crippen LogP contribution < -0.4 is 5.69 Å². The van der Waals surface area contributed by atoms with Crippen LogP contribution in [0.25, 0.3) is 11.0 Å². The van der Waals surface area contributed by atoms with Crippen molar-refractivity contribution in [3.05, 3.63) is 70.1 Å². The van der Waals surface area contributed by atoms with Crippen molar-refractivity contribution in [2.24, 2.45) is 0 Å². The number of rotatable bonds is 3. The van der Waals surface area contributed by atoms with E-state index in [0.29, 0.717) is 49.2 Å². The van der Waals surface area contributed by atoms with E-state index in [1.165, 1.54) is 0 Å². The molecule has 7 nitrogen and oxygen atoms in total. The largest absolute Gasteiger partial charge is 0.339 e. The normalized spacial score (nSPS) is 14.5. The number of benzene rings is 2. The maximum absolute atomic E-state index is 12.7. The summed E-state index contributed by atoms with van der Waals surface area (Å²) >= 11 is 0. The number of nitrogens with zero attached hydrogens (tertiary/aromatic N) is 2. The number of aromatic amines is 2. The monoisotopic (exact) mass is 364 g/mol. The van der Waals surface area contributed by atoms with Crippen molar-refractivity contribution in [2.45, 2.75) is 6.42 Å². The van der Waals surface area contributed by atoms with Gasteiger partial charge in [-0.15, -0.1) is 0 Å². The summed E-state index contributed by atoms with van der Waals surface area (Å²) in [6.07, 6.45) is 0.381. The Balaban J connectivity index is 1.38. The molecule has 2 heterocycles. The zero-order valence-corrected chi connectivity index (χ0v) is 14.8. The third kappa shape index (κ3) is 3.62. The smallest absolute Gasteiger partial charge is 0.323 e. The molecular formula is C20H20N4O3. The molecule has 27 heavy (non-hydrogen) atoms. The van der Waals surface area contributed by atoms with E-state index in [4.69, 9.17) is 0 Å². The topological polar surface area (TPSA) is 89.3 Å². The Morgan fingerprint density at radius 3 is 2.26 bits per heavy atom. The van der Waals surface area contributed by atoms with Crippen molar-refractivity contribution < 1.29 is 9.59 Å². The lowest BCUT2D eigenvalue weighted by atomic mass is 10.1. The predicted octanol–water partition coefficient (Wildman–Crippen LogP) is 1.38. The molecule has 0 radical (unpaired) electrons. The molecule has 0 saturated carbocycles. The van der Waals surface area contributed by atoms with Gasteiger partial charge in [0.25, 0.3) is 5.91 Å². The van der Waals surface area contributed by atoms with Crippen molar-refractivity contribution >= 4 is 22.8 Å². The fourth-order valence-electron chi connectivity index (χ4n) is 3.39. The lowest BCUT2D eigenvalue weighted by Gasteiger charge is -2.35. The molecule has 1 aromatic heterocycles. The van der Waals surface area contributed by atoms with Gasteiger partial charge in [-0.1, -0.05) is 30.3 Å². The van der Waals surface area contributed by atoms with Crippen molar-refractivity contribution in [3.63, 3.8) is 0 Å². The maximum Gasteiger partial charge on any atom is 0.323 e. The van der Waals surface area contributed by atoms with E-state index < -0.39 is 0 Å². The molecule has 1 aliphatic rings. The first kappa shape index (κ1) is 17.1. The fourth-order valence-corrected chi connectivity index (χ4v) is 3.39. The van der Waals surface area contributed by atoms with Crippen LogP contribution in [0, 0.1) is 0 Å². The molecule has 0 aliphatic carbocycles. The van der Waals surface area contributed by atoms with Gasteiger partial charge in [-0.3, -0.25) is 9.59 Å². The molecule has 3 aromatic rings. The van der Waals surface area contributed by atoms with E-state index in [2.05, 4.69) is 9.97 Å². The first-order valence-corrected chi connectivity index (χ1v) is 8.93. The Bertz CT molecular complexity index is 1030. The molecule has 138 valence electrons. The second-order valence-corrected chi connectivity index (χ2v) is 6.67. The Kier molecular flexibility index (Phi) is 4.50. The van der Waals surface area contributed by atoms with Crippen molar-refractivity contribution in [2.75, 3.05) is 26.2 Å². The van der Waals surface area contributed by atoms with Gasteiger partial charge in [-0.2, -0.15) is 0 Å². The molecule has 0 atom stereocenters. The molecule has 1 aliphatic heterocycles. The van der Waals surface area contributed by atoms with Crippen molar-refractivity contribution in [1.29, 1.82) is 0 Å². The highest BCUT2D eigenvalue weighted by Gasteiger charge is 2.25. The molecule has 0 spiro atoms. The molecule has 1 fully saturated rings. The number of amides is 2. The van der Waals surface area contributed by atoms with E-state index >= 15 is 0 Å². The quantitative estimate of drug-likeness (QED) is 0.736. The van der Waals surface area contributed by atoms with Gasteiger partial charge in [0.15, 0.2) is 0 Å². The number of nitrogens with one attached hydrogen (secondary N) is 2. The molecule has 0 bridgehead atoms. The third-order valence-corrected chi connectivity index (χ3v) is 4.88. The highest BCUT2D eigenvalue weighted by Crippen LogP contribution is 2.14. The minimum atomic E-state index is -0.292. The van der Waals surface area contributed by atoms with Gasteiger partial charge in [0.05, 0.1) is 17.5 Å². The predicted molar refractivity (Wildman–Crippen MR) is 102 cm³/mol. The first-order chi connectivity index (χ1) is 13.1. The summed E-state index contributed by atoms with van der Waals surface area (Å²) in [5.41, 5.74) is 2.52. The highest BCUT2D eigenvalue weighted by molar-refractivity contribution is 5.97. The standard InChI is InChI=1S/C20H20N4O3/c25-18(12-14-4-2-1-3-5-14)23-8-10-24(11-9-23)19(26)15-6-7-16-17(13-15)22-20(27)21-16/h1-7,13H,8-12H2,(H2,21,22,27). The Morgan fingerprint density at radius 2 is 1.52 bits per heavy atom. The van der Waals surface area contributed by atoms with Crippen LogP contribution in [-0.2, 0) is 11.2 Å². The van der Waals surface area contributed by atoms with Crippen molar-refractivity contribution in [3.8, 4) is 0 Å². The highest BCUT2D eigenvalue weighted by atomic mass is 16.2. The summed E-state index contributed by atoms with van der Waals surface area (Å²) in [5.74, 6) is -0.00581. The van der Waals surface area contributed by atoms with Crippen molar-refractivity contribution in [1.82, 2.24) is 19.8 Å². The molecule has 2 aromatic carbocycles. The zero-order chi connectivity index (χ0) is 18.8. The van der Waals surface area contributed by atoms with E-state index in [1.54, 1.807) is 23.1 Å². The summed E-state index contributed by atoms with van der Waals surface area (Å²) < 4.78 is 0. The van der Waals surface area contributed by atoms with Crippen LogP contribution in [0.15, 0.2) is 53.3 Å². The lowest BCUT2D eigenvalue weighted by molar-refractivity contribution is -0.131. The second-order valence-electron chi connectivity index (χ2n) is 6.67. The van der Waals surface area contributed by atoms with E-state index in [-0.39, 0.29) is 17.5 Å². The van der Waals surface area contributed by atoms with Gasteiger partial charge in [0.2, 0.25) is 5.91 Å². The summed E-state index contributed by atoms with van der Waals surface area (Å²) in [7, 11) is 0. The zero-order valence-electron chi connectivity index (χ0n) is 14.8. The molecular weight excluding hydrogens is 344 g/mol.